The van der Waals surface area contributed by atoms with Gasteiger partial charge in [0.05, 0.1) is 90.6 Å². The van der Waals surface area contributed by atoms with Gasteiger partial charge in [-0.15, -0.1) is 0 Å². The van der Waals surface area contributed by atoms with Crippen LogP contribution in [0.15, 0.2) is 48.5 Å². The standard InChI is InChI=1S/C43H65N5O10/c1-5-53-20-21-55-24-25-57-28-29-58-27-26-56-23-22-54-19-18-44-40(50)33-12-11-13-34(30-33)45-42(52)46-36-31-47(35-14-7-6-8-15-35)37-16-9-10-17-38(37)48(41(36)51)32-39(49)43(2,3)4/h9-13,16-17,30,35-36H,5-8,14-15,18-29,31-32H2,1-4H3,(H,44,50)(H2,45,46,52)/t36-/m1/s1. The minimum atomic E-state index is -0.926. The third-order valence-corrected chi connectivity index (χ3v) is 9.86. The summed E-state index contributed by atoms with van der Waals surface area (Å²) in [6, 6.07) is 13.0. The molecule has 0 unspecified atom stereocenters. The van der Waals surface area contributed by atoms with E-state index in [-0.39, 0.29) is 43.3 Å². The number of rotatable bonds is 25. The molecular weight excluding hydrogens is 746 g/mol. The summed E-state index contributed by atoms with van der Waals surface area (Å²) in [6.45, 7) is 13.7. The van der Waals surface area contributed by atoms with Gasteiger partial charge in [-0.2, -0.15) is 0 Å². The van der Waals surface area contributed by atoms with E-state index in [1.165, 1.54) is 11.3 Å². The molecule has 1 aliphatic heterocycles. The Morgan fingerprint density at radius 3 is 1.88 bits per heavy atom. The largest absolute Gasteiger partial charge is 0.379 e. The molecule has 0 spiro atoms. The number of hydrogen-bond acceptors (Lipinski definition) is 11. The molecule has 2 aromatic carbocycles. The molecule has 322 valence electrons. The molecule has 1 aliphatic carbocycles. The van der Waals surface area contributed by atoms with Gasteiger partial charge in [0.15, 0.2) is 5.78 Å². The van der Waals surface area contributed by atoms with Gasteiger partial charge in [-0.25, -0.2) is 4.79 Å². The molecule has 58 heavy (non-hydrogen) atoms. The van der Waals surface area contributed by atoms with Crippen molar-refractivity contribution in [3.05, 3.63) is 54.1 Å². The van der Waals surface area contributed by atoms with Crippen LogP contribution >= 0.6 is 0 Å². The van der Waals surface area contributed by atoms with Gasteiger partial charge in [-0.05, 0) is 50.1 Å². The summed E-state index contributed by atoms with van der Waals surface area (Å²) in [7, 11) is 0. The number of nitrogens with one attached hydrogen (secondary N) is 3. The van der Waals surface area contributed by atoms with Crippen molar-refractivity contribution in [2.45, 2.75) is 71.9 Å². The Bertz CT molecular complexity index is 1560. The summed E-state index contributed by atoms with van der Waals surface area (Å²) in [5.74, 6) is -0.751. The lowest BCUT2D eigenvalue weighted by Crippen LogP contribution is -2.55. The van der Waals surface area contributed by atoms with Crippen LogP contribution in [0.4, 0.5) is 21.9 Å². The molecule has 3 N–H and O–H groups in total. The van der Waals surface area contributed by atoms with E-state index in [0.29, 0.717) is 96.2 Å². The molecule has 1 atom stereocenters. The summed E-state index contributed by atoms with van der Waals surface area (Å²) < 4.78 is 32.6. The van der Waals surface area contributed by atoms with Crippen molar-refractivity contribution in [1.82, 2.24) is 10.6 Å². The highest BCUT2D eigenvalue weighted by molar-refractivity contribution is 6.08. The van der Waals surface area contributed by atoms with Gasteiger partial charge < -0.3 is 54.2 Å². The van der Waals surface area contributed by atoms with Crippen LogP contribution in [0, 0.1) is 5.41 Å². The third-order valence-electron chi connectivity index (χ3n) is 9.86. The minimum Gasteiger partial charge on any atom is -0.379 e. The SMILES string of the molecule is CCOCCOCCOCCOCCOCCOCCNC(=O)c1cccc(NC(=O)N[C@@H]2CN(C3CCCCC3)c3ccccc3N(CC(=O)C(C)(C)C)C2=O)c1. The maximum atomic E-state index is 14.3. The van der Waals surface area contributed by atoms with Crippen molar-refractivity contribution in [3.8, 4) is 0 Å². The monoisotopic (exact) mass is 811 g/mol. The predicted molar refractivity (Wildman–Crippen MR) is 223 cm³/mol. The quantitative estimate of drug-likeness (QED) is 0.118. The fraction of sp³-hybridized carbons (Fsp3) is 0.628. The molecule has 1 fully saturated rings. The van der Waals surface area contributed by atoms with E-state index in [9.17, 15) is 19.2 Å². The first kappa shape index (κ1) is 46.6. The molecule has 4 rings (SSSR count). The molecule has 2 aromatic rings. The summed E-state index contributed by atoms with van der Waals surface area (Å²) in [6.07, 6.45) is 5.33. The molecule has 1 heterocycles. The van der Waals surface area contributed by atoms with Crippen molar-refractivity contribution >= 4 is 40.7 Å². The Labute approximate surface area is 343 Å². The summed E-state index contributed by atoms with van der Waals surface area (Å²) >= 11 is 0. The van der Waals surface area contributed by atoms with E-state index in [0.717, 1.165) is 31.4 Å². The predicted octanol–water partition coefficient (Wildman–Crippen LogP) is 4.83. The lowest BCUT2D eigenvalue weighted by molar-refractivity contribution is -0.127. The highest BCUT2D eigenvalue weighted by atomic mass is 16.6. The number of Topliss-reactive ketones (excluding diaryl/α,β-unsaturated/α-hetero) is 1. The van der Waals surface area contributed by atoms with Gasteiger partial charge in [0, 0.05) is 42.4 Å². The Morgan fingerprint density at radius 2 is 1.29 bits per heavy atom. The zero-order valence-corrected chi connectivity index (χ0v) is 34.9. The zero-order valence-electron chi connectivity index (χ0n) is 34.9. The van der Waals surface area contributed by atoms with E-state index in [1.807, 2.05) is 52.0 Å². The van der Waals surface area contributed by atoms with Gasteiger partial charge in [-0.1, -0.05) is 58.2 Å². The first-order chi connectivity index (χ1) is 28.1. The van der Waals surface area contributed by atoms with E-state index >= 15 is 0 Å². The van der Waals surface area contributed by atoms with Crippen LogP contribution in [0.25, 0.3) is 0 Å². The number of para-hydroxylation sites is 2. The molecule has 4 amide bonds. The van der Waals surface area contributed by atoms with Gasteiger partial charge in [-0.3, -0.25) is 14.4 Å². The lowest BCUT2D eigenvalue weighted by atomic mass is 9.90. The molecule has 0 saturated heterocycles. The van der Waals surface area contributed by atoms with Crippen molar-refractivity contribution in [2.75, 3.05) is 114 Å². The van der Waals surface area contributed by atoms with Crippen molar-refractivity contribution < 1.29 is 47.6 Å². The second kappa shape index (κ2) is 25.4. The number of benzene rings is 2. The van der Waals surface area contributed by atoms with E-state index in [2.05, 4.69) is 20.9 Å². The smallest absolute Gasteiger partial charge is 0.319 e. The van der Waals surface area contributed by atoms with Gasteiger partial charge in [0.1, 0.15) is 6.04 Å². The average molecular weight is 812 g/mol. The second-order valence-corrected chi connectivity index (χ2v) is 15.3. The fourth-order valence-electron chi connectivity index (χ4n) is 6.65. The lowest BCUT2D eigenvalue weighted by Gasteiger charge is -2.37. The first-order valence-corrected chi connectivity index (χ1v) is 20.7. The normalized spacial score (nSPS) is 16.1. The summed E-state index contributed by atoms with van der Waals surface area (Å²) in [4.78, 5) is 57.7. The summed E-state index contributed by atoms with van der Waals surface area (Å²) in [5, 5.41) is 8.53. The molecule has 0 radical (unpaired) electrons. The number of ketones is 1. The topological polar surface area (TPSA) is 166 Å². The number of hydrogen-bond donors (Lipinski definition) is 3. The van der Waals surface area contributed by atoms with Crippen LogP contribution in [0.1, 0.15) is 70.2 Å². The Morgan fingerprint density at radius 1 is 0.724 bits per heavy atom. The van der Waals surface area contributed by atoms with Crippen molar-refractivity contribution in [2.24, 2.45) is 5.41 Å². The first-order valence-electron chi connectivity index (χ1n) is 20.7. The molecule has 1 saturated carbocycles. The van der Waals surface area contributed by atoms with Gasteiger partial charge in [0.25, 0.3) is 11.8 Å². The number of urea groups is 1. The van der Waals surface area contributed by atoms with Crippen LogP contribution in [0.2, 0.25) is 0 Å². The van der Waals surface area contributed by atoms with Crippen LogP contribution in [-0.2, 0) is 38.0 Å². The number of nitrogens with zero attached hydrogens (tertiary/aromatic N) is 2. The number of amides is 4. The number of anilines is 3. The van der Waals surface area contributed by atoms with E-state index in [1.54, 1.807) is 24.3 Å². The highest BCUT2D eigenvalue weighted by Crippen LogP contribution is 2.37. The third kappa shape index (κ3) is 15.9. The van der Waals surface area contributed by atoms with Crippen molar-refractivity contribution in [1.29, 1.82) is 0 Å². The van der Waals surface area contributed by atoms with Gasteiger partial charge in [0.2, 0.25) is 0 Å². The Hall–Kier alpha value is -4.12. The van der Waals surface area contributed by atoms with Gasteiger partial charge >= 0.3 is 6.03 Å². The summed E-state index contributed by atoms with van der Waals surface area (Å²) in [5.41, 5.74) is 1.65. The van der Waals surface area contributed by atoms with E-state index < -0.39 is 17.5 Å². The molecule has 15 nitrogen and oxygen atoms in total. The molecule has 2 aliphatic rings. The van der Waals surface area contributed by atoms with Crippen LogP contribution in [0.5, 0.6) is 0 Å². The van der Waals surface area contributed by atoms with Crippen molar-refractivity contribution in [3.63, 3.8) is 0 Å². The number of ether oxygens (including phenoxy) is 6. The Balaban J connectivity index is 1.18. The van der Waals surface area contributed by atoms with Crippen LogP contribution < -0.4 is 25.8 Å². The average Bonchev–Trinajstić information content (AvgIpc) is 3.32. The molecular formula is C43H65N5O10. The van der Waals surface area contributed by atoms with E-state index in [4.69, 9.17) is 28.4 Å². The second-order valence-electron chi connectivity index (χ2n) is 15.3. The molecule has 15 heteroatoms. The maximum absolute atomic E-state index is 14.3. The minimum absolute atomic E-state index is 0.0806. The zero-order chi connectivity index (χ0) is 41.6. The van der Waals surface area contributed by atoms with Crippen LogP contribution in [0.3, 0.4) is 0 Å². The number of fused-ring (bicyclic) bond motifs is 1. The molecule has 0 bridgehead atoms. The Kier molecular flexibility index (Phi) is 20.4. The number of carbonyl (C=O) groups excluding carboxylic acids is 4. The fourth-order valence-corrected chi connectivity index (χ4v) is 6.65. The highest BCUT2D eigenvalue weighted by Gasteiger charge is 2.39. The molecule has 0 aromatic heterocycles. The maximum Gasteiger partial charge on any atom is 0.319 e. The van der Waals surface area contributed by atoms with Crippen LogP contribution in [-0.4, -0.2) is 135 Å². The number of carbonyl (C=O) groups is 4.